The Morgan fingerprint density at radius 3 is 0.962 bits per heavy atom. The standard InChI is InChI=1S/C36H32P2S2.C10H14.HI.Ru/c1-25-33(35(27(3)39-25)37(29-17-9-5-10-18-29)30-19-11-6-12-20-30)34-26(2)40-28(4)36(34)38(31-21-13-7-14-22-31)32-23-15-8-16-24-32;1-8(2)10-6-4-9(3)5-7-10;;/h5-24H,1-4H3;4-8H,1-3H3;1H;/q;;;+1/p-1. The van der Waals surface area contributed by atoms with Crippen LogP contribution < -0.4 is 55.8 Å². The predicted molar refractivity (Wildman–Crippen MR) is 229 cm³/mol. The first-order valence-electron chi connectivity index (χ1n) is 17.3. The first kappa shape index (κ1) is 42.5. The first-order chi connectivity index (χ1) is 24.2. The van der Waals surface area contributed by atoms with Crippen molar-refractivity contribution in [3.8, 4) is 11.1 Å². The van der Waals surface area contributed by atoms with Gasteiger partial charge in [0.05, 0.1) is 0 Å². The van der Waals surface area contributed by atoms with Gasteiger partial charge in [-0.1, -0.05) is 165 Å². The molecule has 0 aliphatic carbocycles. The summed E-state index contributed by atoms with van der Waals surface area (Å²) in [5.74, 6) is 0.653. The van der Waals surface area contributed by atoms with E-state index in [0.29, 0.717) is 5.92 Å². The van der Waals surface area contributed by atoms with Crippen molar-refractivity contribution in [1.82, 2.24) is 0 Å². The van der Waals surface area contributed by atoms with Crippen molar-refractivity contribution in [2.45, 2.75) is 54.4 Å². The molecule has 1 radical (unpaired) electrons. The molecule has 0 nitrogen and oxygen atoms in total. The van der Waals surface area contributed by atoms with E-state index in [1.165, 1.54) is 73.6 Å². The second-order valence-corrected chi connectivity index (χ2v) is 20.1. The van der Waals surface area contributed by atoms with E-state index in [1.807, 2.05) is 22.7 Å². The summed E-state index contributed by atoms with van der Waals surface area (Å²) in [5, 5.41) is 8.67. The van der Waals surface area contributed by atoms with Crippen LogP contribution in [0.2, 0.25) is 0 Å². The van der Waals surface area contributed by atoms with Gasteiger partial charge in [-0.05, 0) is 83.2 Å². The molecule has 0 saturated carbocycles. The van der Waals surface area contributed by atoms with Crippen molar-refractivity contribution in [3.63, 3.8) is 0 Å². The minimum atomic E-state index is -0.711. The predicted octanol–water partition coefficient (Wildman–Crippen LogP) is 8.35. The number of rotatable bonds is 8. The molecule has 2 aromatic heterocycles. The molecule has 5 aromatic carbocycles. The zero-order valence-electron chi connectivity index (χ0n) is 30.9. The topological polar surface area (TPSA) is 0 Å². The second-order valence-electron chi connectivity index (χ2n) is 13.0. The Bertz CT molecular complexity index is 1920. The number of halogens is 1. The van der Waals surface area contributed by atoms with Gasteiger partial charge >= 0.3 is 19.5 Å². The Labute approximate surface area is 352 Å². The van der Waals surface area contributed by atoms with Gasteiger partial charge in [0, 0.05) is 41.2 Å². The zero-order valence-corrected chi connectivity index (χ0v) is 38.2. The van der Waals surface area contributed by atoms with Crippen LogP contribution in [0, 0.1) is 34.6 Å². The van der Waals surface area contributed by atoms with Crippen molar-refractivity contribution < 1.29 is 43.5 Å². The van der Waals surface area contributed by atoms with Crippen molar-refractivity contribution in [3.05, 3.63) is 176 Å². The van der Waals surface area contributed by atoms with Crippen molar-refractivity contribution in [1.29, 1.82) is 0 Å². The molecule has 0 amide bonds. The summed E-state index contributed by atoms with van der Waals surface area (Å²) in [6.07, 6.45) is 0. The summed E-state index contributed by atoms with van der Waals surface area (Å²) < 4.78 is 0. The third kappa shape index (κ3) is 9.68. The van der Waals surface area contributed by atoms with Crippen LogP contribution in [0.4, 0.5) is 0 Å². The molecule has 0 N–H and O–H groups in total. The molecule has 6 heteroatoms. The average molecular weight is 953 g/mol. The molecule has 52 heavy (non-hydrogen) atoms. The molecule has 0 atom stereocenters. The maximum Gasteiger partial charge on any atom is 1.00 e. The monoisotopic (exact) mass is 953 g/mol. The van der Waals surface area contributed by atoms with E-state index in [9.17, 15) is 0 Å². The van der Waals surface area contributed by atoms with Crippen molar-refractivity contribution >= 4 is 70.3 Å². The quantitative estimate of drug-likeness (QED) is 0.0818. The maximum atomic E-state index is 2.34. The number of thiophene rings is 2. The summed E-state index contributed by atoms with van der Waals surface area (Å²) in [6, 6.07) is 53.3. The molecule has 0 fully saturated rings. The van der Waals surface area contributed by atoms with Gasteiger partial charge in [-0.15, -0.1) is 22.7 Å². The van der Waals surface area contributed by atoms with Crippen LogP contribution in [0.1, 0.15) is 50.4 Å². The van der Waals surface area contributed by atoms with E-state index in [-0.39, 0.29) is 43.5 Å². The second kappa shape index (κ2) is 19.9. The maximum absolute atomic E-state index is 2.34. The normalized spacial score (nSPS) is 10.8. The van der Waals surface area contributed by atoms with E-state index in [1.54, 1.807) is 0 Å². The molecule has 0 bridgehead atoms. The molecular formula is C46H46IP2RuS2. The van der Waals surface area contributed by atoms with Crippen molar-refractivity contribution in [2.24, 2.45) is 0 Å². The van der Waals surface area contributed by atoms with Gasteiger partial charge in [-0.2, -0.15) is 0 Å². The summed E-state index contributed by atoms with van der Waals surface area (Å²) in [5.41, 5.74) is 5.70. The summed E-state index contributed by atoms with van der Waals surface area (Å²) in [7, 11) is -1.42. The average Bonchev–Trinajstić information content (AvgIpc) is 3.58. The third-order valence-corrected chi connectivity index (χ3v) is 16.6. The van der Waals surface area contributed by atoms with Crippen LogP contribution in [0.3, 0.4) is 0 Å². The Morgan fingerprint density at radius 1 is 0.404 bits per heavy atom. The minimum Gasteiger partial charge on any atom is -1.00 e. The van der Waals surface area contributed by atoms with Crippen LogP contribution in [-0.2, 0) is 19.5 Å². The molecule has 267 valence electrons. The molecular weight excluding hydrogens is 907 g/mol. The third-order valence-electron chi connectivity index (χ3n) is 8.96. The smallest absolute Gasteiger partial charge is 1.00 e. The van der Waals surface area contributed by atoms with Gasteiger partial charge < -0.3 is 24.0 Å². The van der Waals surface area contributed by atoms with E-state index in [4.69, 9.17) is 0 Å². The zero-order chi connectivity index (χ0) is 35.2. The van der Waals surface area contributed by atoms with E-state index in [0.717, 1.165) is 0 Å². The Kier molecular flexibility index (Phi) is 16.2. The number of aryl methyl sites for hydroxylation is 5. The van der Waals surface area contributed by atoms with Gasteiger partial charge in [-0.3, -0.25) is 0 Å². The SMILES string of the molecule is Cc1ccc(C(C)C)cc1.Cc1sc(C)c(P(c2ccccc2)c2ccccc2)c1-c1c(C)sc(C)c1P(c1ccccc1)c1ccccc1.[I-].[Ru+]. The summed E-state index contributed by atoms with van der Waals surface area (Å²) in [4.78, 5) is 5.71. The van der Waals surface area contributed by atoms with Crippen LogP contribution in [-0.4, -0.2) is 0 Å². The molecule has 7 rings (SSSR count). The van der Waals surface area contributed by atoms with Gasteiger partial charge in [0.15, 0.2) is 0 Å². The number of benzene rings is 5. The Hall–Kier alpha value is -2.29. The molecule has 0 unspecified atom stereocenters. The summed E-state index contributed by atoms with van der Waals surface area (Å²) in [6.45, 7) is 15.9. The van der Waals surface area contributed by atoms with Crippen LogP contribution in [0.5, 0.6) is 0 Å². The fourth-order valence-corrected chi connectivity index (χ4v) is 14.6. The van der Waals surface area contributed by atoms with Crippen LogP contribution in [0.15, 0.2) is 146 Å². The van der Waals surface area contributed by atoms with E-state index in [2.05, 4.69) is 194 Å². The van der Waals surface area contributed by atoms with Gasteiger partial charge in [0.1, 0.15) is 0 Å². The molecule has 0 saturated heterocycles. The summed E-state index contributed by atoms with van der Waals surface area (Å²) >= 11 is 3.93. The van der Waals surface area contributed by atoms with Crippen LogP contribution in [0.25, 0.3) is 11.1 Å². The molecule has 0 aliphatic rings. The van der Waals surface area contributed by atoms with Crippen LogP contribution >= 0.6 is 38.5 Å². The Morgan fingerprint density at radius 2 is 0.692 bits per heavy atom. The fourth-order valence-electron chi connectivity index (χ4n) is 6.55. The molecule has 7 aromatic rings. The van der Waals surface area contributed by atoms with Gasteiger partial charge in [-0.25, -0.2) is 0 Å². The molecule has 0 spiro atoms. The number of hydrogen-bond donors (Lipinski definition) is 0. The number of hydrogen-bond acceptors (Lipinski definition) is 2. The largest absolute Gasteiger partial charge is 1.00 e. The minimum absolute atomic E-state index is 0. The molecule has 0 aliphatic heterocycles. The fraction of sp³-hybridized carbons (Fsp3) is 0.174. The van der Waals surface area contributed by atoms with Crippen molar-refractivity contribution in [2.75, 3.05) is 0 Å². The van der Waals surface area contributed by atoms with E-state index >= 15 is 0 Å². The molecule has 2 heterocycles. The van der Waals surface area contributed by atoms with E-state index < -0.39 is 15.8 Å². The Balaban J connectivity index is 0.000000439. The van der Waals surface area contributed by atoms with Gasteiger partial charge in [0.25, 0.3) is 0 Å². The first-order valence-corrected chi connectivity index (χ1v) is 21.6. The van der Waals surface area contributed by atoms with Gasteiger partial charge in [0.2, 0.25) is 0 Å².